The van der Waals surface area contributed by atoms with Gasteiger partial charge in [0.05, 0.1) is 27.0 Å². The van der Waals surface area contributed by atoms with Crippen LogP contribution < -0.4 is 20.5 Å². The molecule has 0 aliphatic carbocycles. The van der Waals surface area contributed by atoms with Crippen molar-refractivity contribution in [1.82, 2.24) is 9.55 Å². The summed E-state index contributed by atoms with van der Waals surface area (Å²) in [6.07, 6.45) is 2.82. The predicted molar refractivity (Wildman–Crippen MR) is 145 cm³/mol. The van der Waals surface area contributed by atoms with Gasteiger partial charge in [-0.1, -0.05) is 60.7 Å². The van der Waals surface area contributed by atoms with Crippen LogP contribution in [0, 0.1) is 5.82 Å². The standard InChI is InChI=1S/C30H28FN3O5/c1-37-23-12-8-21(9-13-23)30(20-6-4-3-5-7-20,22-10-14-24(38-2)15-11-22)33-28-26(31)18-34(29(36)32-28)27-17-16-25(19-35)39-27/h3-18,25,27,35H,19H2,1-2H3,(H,32,33,36)/t25-,27+/m0/s1. The zero-order chi connectivity index (χ0) is 27.4. The maximum Gasteiger partial charge on any atom is 0.352 e. The Morgan fingerprint density at radius 1 is 0.923 bits per heavy atom. The molecule has 1 aliphatic rings. The first kappa shape index (κ1) is 26.1. The Bertz CT molecular complexity index is 1460. The van der Waals surface area contributed by atoms with Gasteiger partial charge in [-0.2, -0.15) is 4.98 Å². The average Bonchev–Trinajstić information content (AvgIpc) is 3.47. The quantitative estimate of drug-likeness (QED) is 0.247. The molecule has 0 bridgehead atoms. The lowest BCUT2D eigenvalue weighted by Crippen LogP contribution is -2.40. The fourth-order valence-electron chi connectivity index (χ4n) is 4.73. The number of benzene rings is 3. The van der Waals surface area contributed by atoms with Crippen molar-refractivity contribution in [3.8, 4) is 11.5 Å². The van der Waals surface area contributed by atoms with Crippen molar-refractivity contribution in [1.29, 1.82) is 0 Å². The average molecular weight is 530 g/mol. The minimum atomic E-state index is -1.15. The molecule has 0 unspecified atom stereocenters. The molecular formula is C30H28FN3O5. The smallest absolute Gasteiger partial charge is 0.352 e. The number of aromatic nitrogens is 2. The van der Waals surface area contributed by atoms with Crippen LogP contribution in [-0.2, 0) is 10.3 Å². The molecule has 0 saturated carbocycles. The summed E-state index contributed by atoms with van der Waals surface area (Å²) >= 11 is 0. The Morgan fingerprint density at radius 2 is 1.49 bits per heavy atom. The van der Waals surface area contributed by atoms with Crippen LogP contribution in [0.25, 0.3) is 0 Å². The summed E-state index contributed by atoms with van der Waals surface area (Å²) in [7, 11) is 3.17. The lowest BCUT2D eigenvalue weighted by Gasteiger charge is -2.37. The lowest BCUT2D eigenvalue weighted by atomic mass is 9.77. The number of nitrogens with one attached hydrogen (secondary N) is 1. The first-order valence-electron chi connectivity index (χ1n) is 12.3. The van der Waals surface area contributed by atoms with Gasteiger partial charge in [0.25, 0.3) is 0 Å². The monoisotopic (exact) mass is 529 g/mol. The van der Waals surface area contributed by atoms with E-state index >= 15 is 4.39 Å². The Hall–Kier alpha value is -4.47. The molecule has 4 aromatic rings. The summed E-state index contributed by atoms with van der Waals surface area (Å²) in [6.45, 7) is -0.249. The van der Waals surface area contributed by atoms with E-state index in [0.717, 1.165) is 27.5 Å². The highest BCUT2D eigenvalue weighted by atomic mass is 19.1. The molecule has 200 valence electrons. The van der Waals surface area contributed by atoms with Crippen LogP contribution in [0.15, 0.2) is 102 Å². The highest BCUT2D eigenvalue weighted by Gasteiger charge is 2.38. The van der Waals surface area contributed by atoms with Crippen molar-refractivity contribution in [2.24, 2.45) is 0 Å². The largest absolute Gasteiger partial charge is 0.497 e. The van der Waals surface area contributed by atoms with Crippen LogP contribution in [0.2, 0.25) is 0 Å². The zero-order valence-corrected chi connectivity index (χ0v) is 21.5. The van der Waals surface area contributed by atoms with Gasteiger partial charge >= 0.3 is 5.69 Å². The number of nitrogens with zero attached hydrogens (tertiary/aromatic N) is 2. The predicted octanol–water partition coefficient (Wildman–Crippen LogP) is 4.25. The fraction of sp³-hybridized carbons (Fsp3) is 0.200. The normalized spacial score (nSPS) is 16.7. The number of methoxy groups -OCH3 is 2. The fourth-order valence-corrected chi connectivity index (χ4v) is 4.73. The number of aliphatic hydroxyl groups excluding tert-OH is 1. The van der Waals surface area contributed by atoms with Crippen molar-refractivity contribution in [3.63, 3.8) is 0 Å². The Balaban J connectivity index is 1.68. The van der Waals surface area contributed by atoms with Gasteiger partial charge in [-0.05, 0) is 47.0 Å². The highest BCUT2D eigenvalue weighted by molar-refractivity contribution is 5.59. The molecule has 8 nitrogen and oxygen atoms in total. The number of ether oxygens (including phenoxy) is 3. The molecule has 0 fully saturated rings. The van der Waals surface area contributed by atoms with E-state index in [1.54, 1.807) is 26.4 Å². The van der Waals surface area contributed by atoms with Crippen molar-refractivity contribution < 1.29 is 23.7 Å². The van der Waals surface area contributed by atoms with E-state index < -0.39 is 29.4 Å². The third-order valence-corrected chi connectivity index (χ3v) is 6.72. The van der Waals surface area contributed by atoms with Gasteiger partial charge in [0.2, 0.25) is 0 Å². The molecule has 0 amide bonds. The van der Waals surface area contributed by atoms with Gasteiger partial charge in [-0.3, -0.25) is 4.57 Å². The van der Waals surface area contributed by atoms with Gasteiger partial charge in [-0.15, -0.1) is 0 Å². The number of halogens is 1. The molecule has 2 atom stereocenters. The first-order chi connectivity index (χ1) is 19.0. The number of aliphatic hydroxyl groups is 1. The second kappa shape index (κ2) is 11.1. The van der Waals surface area contributed by atoms with Crippen LogP contribution in [0.1, 0.15) is 22.9 Å². The minimum absolute atomic E-state index is 0.229. The number of anilines is 1. The van der Waals surface area contributed by atoms with E-state index in [9.17, 15) is 9.90 Å². The van der Waals surface area contributed by atoms with E-state index in [1.807, 2.05) is 78.9 Å². The molecule has 9 heteroatoms. The van der Waals surface area contributed by atoms with Gasteiger partial charge in [0.15, 0.2) is 17.9 Å². The molecule has 0 radical (unpaired) electrons. The molecule has 1 aliphatic heterocycles. The summed E-state index contributed by atoms with van der Waals surface area (Å²) in [5.74, 6) is 0.343. The van der Waals surface area contributed by atoms with Crippen molar-refractivity contribution in [2.75, 3.05) is 26.1 Å². The van der Waals surface area contributed by atoms with Crippen LogP contribution >= 0.6 is 0 Å². The Morgan fingerprint density at radius 3 is 2.00 bits per heavy atom. The molecule has 1 aromatic heterocycles. The summed E-state index contributed by atoms with van der Waals surface area (Å²) in [5, 5.41) is 12.6. The third kappa shape index (κ3) is 5.01. The van der Waals surface area contributed by atoms with E-state index in [0.29, 0.717) is 11.5 Å². The molecule has 0 saturated heterocycles. The summed E-state index contributed by atoms with van der Waals surface area (Å²) in [4.78, 5) is 17.2. The summed E-state index contributed by atoms with van der Waals surface area (Å²) < 4.78 is 33.1. The van der Waals surface area contributed by atoms with Crippen LogP contribution in [0.5, 0.6) is 11.5 Å². The Kier molecular flexibility index (Phi) is 7.44. The topological polar surface area (TPSA) is 94.8 Å². The highest BCUT2D eigenvalue weighted by Crippen LogP contribution is 2.41. The summed E-state index contributed by atoms with van der Waals surface area (Å²) in [5.41, 5.74) is 0.450. The van der Waals surface area contributed by atoms with Crippen LogP contribution in [0.3, 0.4) is 0 Å². The molecule has 0 spiro atoms. The number of hydrogen-bond donors (Lipinski definition) is 2. The van der Waals surface area contributed by atoms with Crippen molar-refractivity contribution >= 4 is 5.82 Å². The molecule has 2 N–H and O–H groups in total. The maximum atomic E-state index is 15.7. The second-order valence-corrected chi connectivity index (χ2v) is 8.96. The van der Waals surface area contributed by atoms with Crippen molar-refractivity contribution in [2.45, 2.75) is 17.9 Å². The maximum absolute atomic E-state index is 15.7. The SMILES string of the molecule is COc1ccc(C(Nc2nc(=O)n([C@H]3C=C[C@@H](CO)O3)cc2F)(c2ccccc2)c2ccc(OC)cc2)cc1. The van der Waals surface area contributed by atoms with Gasteiger partial charge < -0.3 is 24.6 Å². The minimum Gasteiger partial charge on any atom is -0.497 e. The van der Waals surface area contributed by atoms with Gasteiger partial charge in [0, 0.05) is 0 Å². The Labute approximate surface area is 224 Å². The number of rotatable bonds is 9. The second-order valence-electron chi connectivity index (χ2n) is 8.96. The number of hydrogen-bond acceptors (Lipinski definition) is 7. The van der Waals surface area contributed by atoms with Gasteiger partial charge in [-0.25, -0.2) is 9.18 Å². The zero-order valence-electron chi connectivity index (χ0n) is 21.5. The first-order valence-corrected chi connectivity index (χ1v) is 12.3. The van der Waals surface area contributed by atoms with Crippen molar-refractivity contribution in [3.05, 3.63) is 130 Å². The van der Waals surface area contributed by atoms with E-state index in [2.05, 4.69) is 10.3 Å². The van der Waals surface area contributed by atoms with Crippen LogP contribution in [0.4, 0.5) is 10.2 Å². The van der Waals surface area contributed by atoms with E-state index in [1.165, 1.54) is 0 Å². The third-order valence-electron chi connectivity index (χ3n) is 6.72. The van der Waals surface area contributed by atoms with E-state index in [4.69, 9.17) is 14.2 Å². The molecule has 2 heterocycles. The van der Waals surface area contributed by atoms with Crippen LogP contribution in [-0.4, -0.2) is 41.6 Å². The lowest BCUT2D eigenvalue weighted by molar-refractivity contribution is -0.0106. The molecular weight excluding hydrogens is 501 g/mol. The molecule has 39 heavy (non-hydrogen) atoms. The van der Waals surface area contributed by atoms with Gasteiger partial charge in [0.1, 0.15) is 23.1 Å². The van der Waals surface area contributed by atoms with E-state index in [-0.39, 0.29) is 12.4 Å². The molecule has 5 rings (SSSR count). The summed E-state index contributed by atoms with van der Waals surface area (Å²) in [6, 6.07) is 24.3. The molecule has 3 aromatic carbocycles.